The second-order valence-electron chi connectivity index (χ2n) is 8.02. The Kier molecular flexibility index (Phi) is 6.34. The lowest BCUT2D eigenvalue weighted by Gasteiger charge is -2.39. The maximum absolute atomic E-state index is 5.70. The minimum atomic E-state index is 0.808. The number of aryl methyl sites for hydroxylation is 1. The van der Waals surface area contributed by atoms with Gasteiger partial charge in [-0.25, -0.2) is 0 Å². The molecule has 4 heteroatoms. The lowest BCUT2D eigenvalue weighted by molar-refractivity contribution is -0.933. The highest BCUT2D eigenvalue weighted by atomic mass is 32.1. The molecule has 1 unspecified atom stereocenters. The fourth-order valence-electron chi connectivity index (χ4n) is 4.51. The Hall–Kier alpha value is -1.13. The molecule has 2 fully saturated rings. The summed E-state index contributed by atoms with van der Waals surface area (Å²) in [6.45, 7) is 6.49. The molecule has 2 aliphatic rings. The van der Waals surface area contributed by atoms with Crippen molar-refractivity contribution in [3.05, 3.63) is 29.3 Å². The first-order valence-corrected chi connectivity index (χ1v) is 10.4. The van der Waals surface area contributed by atoms with Crippen molar-refractivity contribution in [2.45, 2.75) is 70.9 Å². The number of hydrogen-bond acceptors (Lipinski definition) is 1. The third-order valence-electron chi connectivity index (χ3n) is 6.52. The van der Waals surface area contributed by atoms with E-state index in [1.165, 1.54) is 56.1 Å². The van der Waals surface area contributed by atoms with Crippen molar-refractivity contribution in [3.8, 4) is 0 Å². The molecule has 0 spiro atoms. The van der Waals surface area contributed by atoms with Gasteiger partial charge in [0.2, 0.25) is 0 Å². The van der Waals surface area contributed by atoms with Gasteiger partial charge in [0, 0.05) is 31.6 Å². The maximum atomic E-state index is 5.70. The molecule has 1 saturated carbocycles. The first-order chi connectivity index (χ1) is 12.1. The molecule has 1 atom stereocenters. The lowest BCUT2D eigenvalue weighted by atomic mass is 9.92. The standard InChI is InChI=1S/C21H33N3S/c1-16-8-7-11-20(17(16)2)22-21(25)24-14-12-19(13-15-24)23(3)18-9-5-4-6-10-18/h7-8,11,18-19H,4-6,9-10,12-15H2,1-3H3,(H,22,25)/p+1. The molecule has 1 aliphatic heterocycles. The molecule has 0 bridgehead atoms. The van der Waals surface area contributed by atoms with Crippen molar-refractivity contribution < 1.29 is 4.90 Å². The van der Waals surface area contributed by atoms with Crippen LogP contribution in [0.15, 0.2) is 18.2 Å². The Bertz CT molecular complexity index is 587. The molecule has 1 heterocycles. The van der Waals surface area contributed by atoms with Crippen molar-refractivity contribution in [1.29, 1.82) is 0 Å². The average Bonchev–Trinajstić information content (AvgIpc) is 2.65. The molecule has 3 rings (SSSR count). The van der Waals surface area contributed by atoms with Crippen molar-refractivity contribution in [2.24, 2.45) is 0 Å². The Morgan fingerprint density at radius 1 is 1.04 bits per heavy atom. The number of anilines is 1. The Morgan fingerprint density at radius 2 is 1.68 bits per heavy atom. The van der Waals surface area contributed by atoms with Gasteiger partial charge < -0.3 is 15.1 Å². The van der Waals surface area contributed by atoms with Crippen LogP contribution in [0.2, 0.25) is 0 Å². The van der Waals surface area contributed by atoms with E-state index >= 15 is 0 Å². The maximum Gasteiger partial charge on any atom is 0.173 e. The zero-order valence-corrected chi connectivity index (χ0v) is 16.9. The number of nitrogens with zero attached hydrogens (tertiary/aromatic N) is 1. The molecule has 138 valence electrons. The summed E-state index contributed by atoms with van der Waals surface area (Å²) in [7, 11) is 2.43. The first kappa shape index (κ1) is 18.7. The number of quaternary nitrogens is 1. The number of likely N-dealkylation sites (tertiary alicyclic amines) is 1. The summed E-state index contributed by atoms with van der Waals surface area (Å²) >= 11 is 5.70. The fourth-order valence-corrected chi connectivity index (χ4v) is 4.80. The van der Waals surface area contributed by atoms with E-state index < -0.39 is 0 Å². The summed E-state index contributed by atoms with van der Waals surface area (Å²) in [5, 5.41) is 4.37. The second-order valence-corrected chi connectivity index (χ2v) is 8.40. The largest absolute Gasteiger partial charge is 0.349 e. The number of thiocarbonyl (C=S) groups is 1. The first-order valence-electron chi connectivity index (χ1n) is 10.0. The summed E-state index contributed by atoms with van der Waals surface area (Å²) in [4.78, 5) is 4.15. The lowest BCUT2D eigenvalue weighted by Crippen LogP contribution is -3.17. The third kappa shape index (κ3) is 4.53. The van der Waals surface area contributed by atoms with E-state index in [0.29, 0.717) is 0 Å². The van der Waals surface area contributed by atoms with Crippen molar-refractivity contribution >= 4 is 23.0 Å². The molecule has 25 heavy (non-hydrogen) atoms. The molecule has 3 nitrogen and oxygen atoms in total. The van der Waals surface area contributed by atoms with Crippen molar-refractivity contribution in [2.75, 3.05) is 25.5 Å². The highest BCUT2D eigenvalue weighted by Crippen LogP contribution is 2.20. The van der Waals surface area contributed by atoms with Crippen molar-refractivity contribution in [3.63, 3.8) is 0 Å². The van der Waals surface area contributed by atoms with E-state index in [-0.39, 0.29) is 0 Å². The van der Waals surface area contributed by atoms with Crippen LogP contribution >= 0.6 is 12.2 Å². The van der Waals surface area contributed by atoms with E-state index in [0.717, 1.165) is 36.0 Å². The molecule has 1 aliphatic carbocycles. The Balaban J connectivity index is 1.51. The highest BCUT2D eigenvalue weighted by molar-refractivity contribution is 7.80. The quantitative estimate of drug-likeness (QED) is 0.807. The van der Waals surface area contributed by atoms with Crippen LogP contribution in [-0.4, -0.2) is 42.2 Å². The van der Waals surface area contributed by atoms with E-state index in [9.17, 15) is 0 Å². The fraction of sp³-hybridized carbons (Fsp3) is 0.667. The van der Waals surface area contributed by atoms with Crippen LogP contribution in [0.3, 0.4) is 0 Å². The molecule has 0 amide bonds. The third-order valence-corrected chi connectivity index (χ3v) is 6.88. The molecular formula is C21H34N3S+. The number of rotatable bonds is 3. The Morgan fingerprint density at radius 3 is 2.36 bits per heavy atom. The summed E-state index contributed by atoms with van der Waals surface area (Å²) in [6.07, 6.45) is 9.70. The van der Waals surface area contributed by atoms with Gasteiger partial charge in [0.1, 0.15) is 0 Å². The molecule has 0 radical (unpaired) electrons. The zero-order chi connectivity index (χ0) is 17.8. The summed E-state index contributed by atoms with van der Waals surface area (Å²) in [5.41, 5.74) is 3.75. The minimum Gasteiger partial charge on any atom is -0.349 e. The number of benzene rings is 1. The second kappa shape index (κ2) is 8.50. The predicted octanol–water partition coefficient (Wildman–Crippen LogP) is 3.31. The number of nitrogens with one attached hydrogen (secondary N) is 2. The van der Waals surface area contributed by atoms with Crippen molar-refractivity contribution in [1.82, 2.24) is 4.90 Å². The van der Waals surface area contributed by atoms with Crippen LogP contribution in [0.5, 0.6) is 0 Å². The summed E-state index contributed by atoms with van der Waals surface area (Å²) in [6, 6.07) is 8.08. The van der Waals surface area contributed by atoms with Gasteiger partial charge in [-0.2, -0.15) is 0 Å². The van der Waals surface area contributed by atoms with Gasteiger partial charge in [0.25, 0.3) is 0 Å². The van der Waals surface area contributed by atoms with Gasteiger partial charge in [0.15, 0.2) is 5.11 Å². The van der Waals surface area contributed by atoms with Crippen LogP contribution in [0.25, 0.3) is 0 Å². The zero-order valence-electron chi connectivity index (χ0n) is 16.1. The number of piperidine rings is 1. The molecule has 1 saturated heterocycles. The Labute approximate surface area is 158 Å². The van der Waals surface area contributed by atoms with E-state index in [2.05, 4.69) is 49.3 Å². The van der Waals surface area contributed by atoms with Gasteiger partial charge >= 0.3 is 0 Å². The monoisotopic (exact) mass is 360 g/mol. The highest BCUT2D eigenvalue weighted by Gasteiger charge is 2.31. The average molecular weight is 361 g/mol. The predicted molar refractivity (Wildman–Crippen MR) is 110 cm³/mol. The normalized spacial score (nSPS) is 21.2. The smallest absolute Gasteiger partial charge is 0.173 e. The van der Waals surface area contributed by atoms with E-state index in [1.807, 2.05) is 0 Å². The molecule has 1 aromatic rings. The molecular weight excluding hydrogens is 326 g/mol. The summed E-state index contributed by atoms with van der Waals surface area (Å²) < 4.78 is 0. The topological polar surface area (TPSA) is 19.7 Å². The van der Waals surface area contributed by atoms with Gasteiger partial charge in [-0.15, -0.1) is 0 Å². The summed E-state index contributed by atoms with van der Waals surface area (Å²) in [5.74, 6) is 0. The number of hydrogen-bond donors (Lipinski definition) is 2. The molecule has 1 aromatic carbocycles. The molecule has 0 aromatic heterocycles. The van der Waals surface area contributed by atoms with Gasteiger partial charge in [-0.1, -0.05) is 18.6 Å². The van der Waals surface area contributed by atoms with Crippen LogP contribution in [0.1, 0.15) is 56.1 Å². The minimum absolute atomic E-state index is 0.808. The van der Waals surface area contributed by atoms with Gasteiger partial charge in [-0.3, -0.25) is 0 Å². The van der Waals surface area contributed by atoms with Crippen LogP contribution in [-0.2, 0) is 0 Å². The van der Waals surface area contributed by atoms with Crippen LogP contribution in [0.4, 0.5) is 5.69 Å². The van der Waals surface area contributed by atoms with Gasteiger partial charge in [0.05, 0.1) is 19.1 Å². The van der Waals surface area contributed by atoms with E-state index in [4.69, 9.17) is 12.2 Å². The SMILES string of the molecule is Cc1cccc(NC(=S)N2CCC([NH+](C)C3CCCCC3)CC2)c1C. The van der Waals surface area contributed by atoms with Crippen LogP contribution in [0, 0.1) is 13.8 Å². The van der Waals surface area contributed by atoms with Gasteiger partial charge in [-0.05, 0) is 68.9 Å². The van der Waals surface area contributed by atoms with E-state index in [1.54, 1.807) is 4.90 Å². The van der Waals surface area contributed by atoms with Crippen LogP contribution < -0.4 is 10.2 Å². The molecule has 2 N–H and O–H groups in total.